The van der Waals surface area contributed by atoms with Crippen LogP contribution in [0.2, 0.25) is 0 Å². The van der Waals surface area contributed by atoms with Gasteiger partial charge in [0.25, 0.3) is 11.0 Å². The molecule has 0 bridgehead atoms. The van der Waals surface area contributed by atoms with Gasteiger partial charge in [0, 0.05) is 15.8 Å². The lowest BCUT2D eigenvalue weighted by Crippen LogP contribution is -2.11. The summed E-state index contributed by atoms with van der Waals surface area (Å²) in [5.41, 5.74) is 6.04. The van der Waals surface area contributed by atoms with Gasteiger partial charge in [-0.05, 0) is 41.5 Å². The van der Waals surface area contributed by atoms with E-state index in [0.29, 0.717) is 11.3 Å². The maximum absolute atomic E-state index is 11.0. The van der Waals surface area contributed by atoms with E-state index in [1.54, 1.807) is 18.2 Å². The third-order valence-corrected chi connectivity index (χ3v) is 4.90. The minimum Gasteiger partial charge on any atom is -0.412 e. The summed E-state index contributed by atoms with van der Waals surface area (Å²) in [7, 11) is 0. The fraction of sp³-hybridized carbons (Fsp3) is 0. The van der Waals surface area contributed by atoms with Crippen LogP contribution in [0, 0.1) is 0 Å². The highest BCUT2D eigenvalue weighted by molar-refractivity contribution is 8.16. The Morgan fingerprint density at radius 3 is 2.28 bits per heavy atom. The van der Waals surface area contributed by atoms with E-state index >= 15 is 0 Å². The Morgan fingerprint density at radius 2 is 1.60 bits per heavy atom. The molecule has 7 nitrogen and oxygen atoms in total. The number of fused-ring (bicyclic) bond motifs is 2. The number of ketones is 1. The average molecular weight is 378 g/mol. The molecule has 4 rings (SSSR count). The van der Waals surface area contributed by atoms with E-state index in [2.05, 4.69) is 4.37 Å². The zero-order chi connectivity index (χ0) is 16.4. The van der Waals surface area contributed by atoms with E-state index < -0.39 is 5.91 Å². The van der Waals surface area contributed by atoms with Crippen LogP contribution >= 0.6 is 23.3 Å². The number of hydrogen-bond acceptors (Lipinski definition) is 6. The fourth-order valence-corrected chi connectivity index (χ4v) is 3.66. The maximum Gasteiger partial charge on any atom is 0.269 e. The number of rotatable bonds is 1. The molecule has 2 aromatic carbocycles. The highest BCUT2D eigenvalue weighted by Gasteiger charge is 2.28. The number of Topliss-reactive ketones (excluding diaryl/α,β-unsaturated/α-hetero) is 1. The molecule has 0 saturated carbocycles. The standard InChI is InChI=1S/C8H6N2OS.C8H4O2S.2H2O/c9-8(11)7-5-3-1-2-4-6(5)12-10-7;9-7-5-3-1-2-4-6(5)11-8(7)10;;/h1-4H,(H2,9,11);1-4H;2*1H2. The van der Waals surface area contributed by atoms with Crippen molar-refractivity contribution in [3.63, 3.8) is 0 Å². The molecule has 0 unspecified atom stereocenters. The molecule has 0 spiro atoms. The molecule has 1 aromatic heterocycles. The van der Waals surface area contributed by atoms with E-state index in [1.165, 1.54) is 11.5 Å². The number of aromatic nitrogens is 1. The van der Waals surface area contributed by atoms with Crippen molar-refractivity contribution in [2.45, 2.75) is 4.90 Å². The maximum atomic E-state index is 11.0. The summed E-state index contributed by atoms with van der Waals surface area (Å²) in [5.74, 6) is -0.835. The molecular weight excluding hydrogens is 364 g/mol. The van der Waals surface area contributed by atoms with Crippen molar-refractivity contribution in [3.8, 4) is 0 Å². The summed E-state index contributed by atoms with van der Waals surface area (Å²) >= 11 is 2.30. The zero-order valence-corrected chi connectivity index (χ0v) is 14.3. The van der Waals surface area contributed by atoms with Gasteiger partial charge < -0.3 is 16.7 Å². The van der Waals surface area contributed by atoms with Gasteiger partial charge in [-0.25, -0.2) is 0 Å². The topological polar surface area (TPSA) is 153 Å². The number of carbonyl (C=O) groups excluding carboxylic acids is 3. The first-order valence-corrected chi connectivity index (χ1v) is 8.16. The predicted octanol–water partition coefficient (Wildman–Crippen LogP) is 1.25. The molecule has 1 amide bonds. The smallest absolute Gasteiger partial charge is 0.269 e. The van der Waals surface area contributed by atoms with E-state index in [-0.39, 0.29) is 21.9 Å². The van der Waals surface area contributed by atoms with Crippen LogP contribution in [-0.4, -0.2) is 32.1 Å². The van der Waals surface area contributed by atoms with Gasteiger partial charge in [-0.1, -0.05) is 30.3 Å². The van der Waals surface area contributed by atoms with Crippen molar-refractivity contribution in [3.05, 3.63) is 59.8 Å². The van der Waals surface area contributed by atoms with Crippen LogP contribution in [0.1, 0.15) is 20.8 Å². The molecule has 1 aliphatic rings. The zero-order valence-electron chi connectivity index (χ0n) is 12.7. The van der Waals surface area contributed by atoms with Gasteiger partial charge in [0.2, 0.25) is 5.78 Å². The van der Waals surface area contributed by atoms with Crippen LogP contribution < -0.4 is 5.73 Å². The molecule has 0 aliphatic carbocycles. The number of primary amides is 1. The number of carbonyl (C=O) groups is 3. The fourth-order valence-electron chi connectivity index (χ4n) is 2.06. The van der Waals surface area contributed by atoms with Crippen LogP contribution in [-0.2, 0) is 4.79 Å². The Labute approximate surface area is 150 Å². The summed E-state index contributed by atoms with van der Waals surface area (Å²) in [6, 6.07) is 14.6. The third kappa shape index (κ3) is 4.09. The Kier molecular flexibility index (Phi) is 6.95. The van der Waals surface area contributed by atoms with Crippen molar-refractivity contribution < 1.29 is 25.3 Å². The lowest BCUT2D eigenvalue weighted by atomic mass is 10.1. The van der Waals surface area contributed by atoms with E-state index in [9.17, 15) is 14.4 Å². The van der Waals surface area contributed by atoms with Gasteiger partial charge in [-0.15, -0.1) is 0 Å². The van der Waals surface area contributed by atoms with Gasteiger partial charge in [0.15, 0.2) is 0 Å². The number of benzene rings is 2. The Hall–Kier alpha value is -2.59. The average Bonchev–Trinajstić information content (AvgIpc) is 3.10. The molecule has 2 heterocycles. The number of nitrogens with zero attached hydrogens (tertiary/aromatic N) is 1. The van der Waals surface area contributed by atoms with Gasteiger partial charge >= 0.3 is 0 Å². The quantitative estimate of drug-likeness (QED) is 0.631. The molecule has 9 heteroatoms. The van der Waals surface area contributed by atoms with Crippen molar-refractivity contribution >= 4 is 50.2 Å². The van der Waals surface area contributed by atoms with Crippen molar-refractivity contribution in [2.24, 2.45) is 5.73 Å². The monoisotopic (exact) mass is 378 g/mol. The summed E-state index contributed by atoms with van der Waals surface area (Å²) in [4.78, 5) is 33.5. The highest BCUT2D eigenvalue weighted by Crippen LogP contribution is 2.31. The van der Waals surface area contributed by atoms with Crippen LogP contribution in [0.5, 0.6) is 0 Å². The van der Waals surface area contributed by atoms with E-state index in [1.807, 2.05) is 30.3 Å². The van der Waals surface area contributed by atoms with E-state index in [0.717, 1.165) is 26.7 Å². The molecule has 3 aromatic rings. The lowest BCUT2D eigenvalue weighted by Gasteiger charge is -1.89. The van der Waals surface area contributed by atoms with Crippen molar-refractivity contribution in [1.29, 1.82) is 0 Å². The molecular formula is C16H14N2O5S2. The number of thioether (sulfide) groups is 1. The summed E-state index contributed by atoms with van der Waals surface area (Å²) in [5, 5.41) is 0.473. The van der Waals surface area contributed by atoms with Crippen LogP contribution in [0.3, 0.4) is 0 Å². The first-order chi connectivity index (χ1) is 11.1. The largest absolute Gasteiger partial charge is 0.412 e. The second-order valence-corrected chi connectivity index (χ2v) is 6.43. The van der Waals surface area contributed by atoms with Gasteiger partial charge in [0.05, 0.1) is 4.70 Å². The Morgan fingerprint density at radius 1 is 0.960 bits per heavy atom. The van der Waals surface area contributed by atoms with E-state index in [4.69, 9.17) is 5.73 Å². The van der Waals surface area contributed by atoms with Gasteiger partial charge in [-0.3, -0.25) is 14.4 Å². The molecule has 6 N–H and O–H groups in total. The molecule has 0 fully saturated rings. The summed E-state index contributed by atoms with van der Waals surface area (Å²) in [6.07, 6.45) is 0. The highest BCUT2D eigenvalue weighted by atomic mass is 32.2. The SMILES string of the molecule is NC(=O)c1nsc2ccccc12.O.O.O=C1Sc2ccccc2C1=O. The molecule has 0 atom stereocenters. The first-order valence-electron chi connectivity index (χ1n) is 6.57. The minimum absolute atomic E-state index is 0. The van der Waals surface area contributed by atoms with Crippen molar-refractivity contribution in [2.75, 3.05) is 0 Å². The van der Waals surface area contributed by atoms with Gasteiger partial charge in [0.1, 0.15) is 5.69 Å². The van der Waals surface area contributed by atoms with Crippen LogP contribution in [0.4, 0.5) is 0 Å². The Bertz CT molecular complexity index is 939. The molecule has 0 radical (unpaired) electrons. The molecule has 0 saturated heterocycles. The van der Waals surface area contributed by atoms with Crippen molar-refractivity contribution in [1.82, 2.24) is 4.37 Å². The third-order valence-electron chi connectivity index (χ3n) is 3.13. The molecule has 1 aliphatic heterocycles. The van der Waals surface area contributed by atoms with Gasteiger partial charge in [-0.2, -0.15) is 4.37 Å². The molecule has 25 heavy (non-hydrogen) atoms. The second-order valence-electron chi connectivity index (χ2n) is 4.61. The van der Waals surface area contributed by atoms with Crippen LogP contribution in [0.25, 0.3) is 10.1 Å². The lowest BCUT2D eigenvalue weighted by molar-refractivity contribution is -0.107. The Balaban J connectivity index is 0.000000232. The first kappa shape index (κ1) is 20.5. The van der Waals surface area contributed by atoms with Crippen LogP contribution in [0.15, 0.2) is 53.4 Å². The minimum atomic E-state index is -0.465. The normalized spacial score (nSPS) is 11.7. The summed E-state index contributed by atoms with van der Waals surface area (Å²) in [6.45, 7) is 0. The summed E-state index contributed by atoms with van der Waals surface area (Å²) < 4.78 is 4.95. The molecule has 130 valence electrons. The number of amides is 1. The second kappa shape index (κ2) is 8.49. The number of nitrogens with two attached hydrogens (primary N) is 1. The predicted molar refractivity (Wildman–Crippen MR) is 97.0 cm³/mol. The number of hydrogen-bond donors (Lipinski definition) is 1.